The molecular weight excluding hydrogens is 374 g/mol. The van der Waals surface area contributed by atoms with E-state index in [4.69, 9.17) is 9.47 Å². The van der Waals surface area contributed by atoms with E-state index >= 15 is 0 Å². The van der Waals surface area contributed by atoms with E-state index in [1.54, 1.807) is 12.0 Å². The number of rotatable bonds is 5. The van der Waals surface area contributed by atoms with Crippen molar-refractivity contribution in [2.45, 2.75) is 0 Å². The maximum Gasteiger partial charge on any atom is 0.258 e. The van der Waals surface area contributed by atoms with E-state index in [1.165, 1.54) is 23.1 Å². The molecule has 1 aliphatic rings. The van der Waals surface area contributed by atoms with Gasteiger partial charge in [0, 0.05) is 20.1 Å². The van der Waals surface area contributed by atoms with Crippen LogP contribution in [-0.4, -0.2) is 66.2 Å². The zero-order chi connectivity index (χ0) is 18.5. The van der Waals surface area contributed by atoms with E-state index in [0.29, 0.717) is 31.1 Å². The third-order valence-electron chi connectivity index (χ3n) is 4.05. The first kappa shape index (κ1) is 18.9. The van der Waals surface area contributed by atoms with Gasteiger partial charge in [0.05, 0.1) is 42.0 Å². The predicted octanol–water partition coefficient (Wildman–Crippen LogP) is 1.27. The number of amides is 2. The Bertz CT molecular complexity index is 869. The van der Waals surface area contributed by atoms with Crippen molar-refractivity contribution in [3.63, 3.8) is 0 Å². The summed E-state index contributed by atoms with van der Waals surface area (Å²) in [7, 11) is 3.51. The fourth-order valence-corrected chi connectivity index (χ4v) is 4.38. The number of methoxy groups -OCH3 is 1. The molecule has 1 fully saturated rings. The standard InChI is InChI=1S/C17H21N3O4S2/c1-19-13-4-3-12(23-2)9-14(13)26-17(19)18-15(21)10-25-11-16(22)20-5-7-24-8-6-20/h3-4,9H,5-8,10-11H2,1-2H3. The number of thioether (sulfide) groups is 1. The normalized spacial score (nSPS) is 15.5. The highest BCUT2D eigenvalue weighted by Gasteiger charge is 2.17. The van der Waals surface area contributed by atoms with Gasteiger partial charge in [0.15, 0.2) is 4.80 Å². The highest BCUT2D eigenvalue weighted by Crippen LogP contribution is 2.22. The van der Waals surface area contributed by atoms with Crippen LogP contribution < -0.4 is 9.54 Å². The average Bonchev–Trinajstić information content (AvgIpc) is 2.97. The molecule has 140 valence electrons. The number of carbonyl (C=O) groups excluding carboxylic acids is 2. The lowest BCUT2D eigenvalue weighted by molar-refractivity contribution is -0.132. The van der Waals surface area contributed by atoms with E-state index in [1.807, 2.05) is 29.8 Å². The molecule has 0 spiro atoms. The fourth-order valence-electron chi connectivity index (χ4n) is 2.62. The molecule has 0 atom stereocenters. The van der Waals surface area contributed by atoms with Gasteiger partial charge in [0.2, 0.25) is 5.91 Å². The number of morpholine rings is 1. The third-order valence-corrected chi connectivity index (χ3v) is 6.05. The van der Waals surface area contributed by atoms with Crippen LogP contribution in [0.5, 0.6) is 5.75 Å². The van der Waals surface area contributed by atoms with Crippen molar-refractivity contribution in [3.8, 4) is 5.75 Å². The zero-order valence-electron chi connectivity index (χ0n) is 14.8. The summed E-state index contributed by atoms with van der Waals surface area (Å²) in [6, 6.07) is 5.76. The Morgan fingerprint density at radius 2 is 2.08 bits per heavy atom. The Hall–Kier alpha value is -1.84. The zero-order valence-corrected chi connectivity index (χ0v) is 16.4. The molecule has 2 heterocycles. The highest BCUT2D eigenvalue weighted by atomic mass is 32.2. The number of benzene rings is 1. The molecule has 0 N–H and O–H groups in total. The maximum atomic E-state index is 12.2. The van der Waals surface area contributed by atoms with E-state index < -0.39 is 0 Å². The lowest BCUT2D eigenvalue weighted by Gasteiger charge is -2.26. The molecule has 0 bridgehead atoms. The smallest absolute Gasteiger partial charge is 0.258 e. The van der Waals surface area contributed by atoms with Crippen LogP contribution in [0.1, 0.15) is 0 Å². The molecule has 2 aromatic rings. The Morgan fingerprint density at radius 1 is 1.31 bits per heavy atom. The van der Waals surface area contributed by atoms with Gasteiger partial charge in [-0.25, -0.2) is 0 Å². The van der Waals surface area contributed by atoms with Gasteiger partial charge in [0.1, 0.15) is 5.75 Å². The van der Waals surface area contributed by atoms with Crippen molar-refractivity contribution in [1.82, 2.24) is 9.47 Å². The van der Waals surface area contributed by atoms with Crippen LogP contribution in [0.2, 0.25) is 0 Å². The minimum atomic E-state index is -0.237. The molecule has 0 aliphatic carbocycles. The van der Waals surface area contributed by atoms with Crippen molar-refractivity contribution >= 4 is 45.1 Å². The summed E-state index contributed by atoms with van der Waals surface area (Å²) >= 11 is 2.74. The number of ether oxygens (including phenoxy) is 2. The summed E-state index contributed by atoms with van der Waals surface area (Å²) < 4.78 is 13.4. The molecule has 1 aromatic heterocycles. The molecule has 7 nitrogen and oxygen atoms in total. The van der Waals surface area contributed by atoms with Crippen LogP contribution in [-0.2, 0) is 21.4 Å². The number of aryl methyl sites for hydroxylation is 1. The first-order valence-corrected chi connectivity index (χ1v) is 10.2. The number of aromatic nitrogens is 1. The summed E-state index contributed by atoms with van der Waals surface area (Å²) in [5.41, 5.74) is 0.998. The second-order valence-electron chi connectivity index (χ2n) is 5.77. The van der Waals surface area contributed by atoms with Crippen LogP contribution in [0.25, 0.3) is 10.2 Å². The van der Waals surface area contributed by atoms with Crippen LogP contribution in [0.4, 0.5) is 0 Å². The van der Waals surface area contributed by atoms with E-state index in [0.717, 1.165) is 16.0 Å². The van der Waals surface area contributed by atoms with Crippen molar-refractivity contribution in [2.75, 3.05) is 44.9 Å². The first-order valence-electron chi connectivity index (χ1n) is 8.23. The van der Waals surface area contributed by atoms with Crippen LogP contribution in [0.15, 0.2) is 23.2 Å². The Balaban J connectivity index is 1.60. The first-order chi connectivity index (χ1) is 12.6. The quantitative estimate of drug-likeness (QED) is 0.762. The van der Waals surface area contributed by atoms with Gasteiger partial charge >= 0.3 is 0 Å². The maximum absolute atomic E-state index is 12.2. The molecule has 1 aromatic carbocycles. The minimum absolute atomic E-state index is 0.0469. The van der Waals surface area contributed by atoms with Gasteiger partial charge in [-0.3, -0.25) is 9.59 Å². The van der Waals surface area contributed by atoms with Gasteiger partial charge in [-0.1, -0.05) is 11.3 Å². The monoisotopic (exact) mass is 395 g/mol. The van der Waals surface area contributed by atoms with Crippen molar-refractivity contribution in [3.05, 3.63) is 23.0 Å². The van der Waals surface area contributed by atoms with Gasteiger partial charge in [-0.05, 0) is 18.2 Å². The van der Waals surface area contributed by atoms with Gasteiger partial charge in [-0.15, -0.1) is 11.8 Å². The van der Waals surface area contributed by atoms with Gasteiger partial charge in [0.25, 0.3) is 5.91 Å². The average molecular weight is 396 g/mol. The summed E-state index contributed by atoms with van der Waals surface area (Å²) in [5.74, 6) is 1.06. The molecule has 0 radical (unpaired) electrons. The number of hydrogen-bond donors (Lipinski definition) is 0. The topological polar surface area (TPSA) is 73.1 Å². The van der Waals surface area contributed by atoms with Gasteiger partial charge < -0.3 is 18.9 Å². The van der Waals surface area contributed by atoms with Crippen LogP contribution >= 0.6 is 23.1 Å². The number of thiazole rings is 1. The number of carbonyl (C=O) groups is 2. The predicted molar refractivity (Wildman–Crippen MR) is 103 cm³/mol. The Labute approximate surface area is 159 Å². The number of nitrogens with zero attached hydrogens (tertiary/aromatic N) is 3. The minimum Gasteiger partial charge on any atom is -0.497 e. The fraction of sp³-hybridized carbons (Fsp3) is 0.471. The Morgan fingerprint density at radius 3 is 2.81 bits per heavy atom. The molecule has 0 unspecified atom stereocenters. The molecule has 2 amide bonds. The number of fused-ring (bicyclic) bond motifs is 1. The SMILES string of the molecule is COc1ccc2c(c1)sc(=NC(=O)CSCC(=O)N1CCOCC1)n2C. The van der Waals surface area contributed by atoms with Crippen LogP contribution in [0, 0.1) is 0 Å². The van der Waals surface area contributed by atoms with Crippen molar-refractivity contribution < 1.29 is 19.1 Å². The second-order valence-corrected chi connectivity index (χ2v) is 7.76. The summed E-state index contributed by atoms with van der Waals surface area (Å²) in [6.07, 6.45) is 0. The van der Waals surface area contributed by atoms with E-state index in [2.05, 4.69) is 4.99 Å². The van der Waals surface area contributed by atoms with E-state index in [-0.39, 0.29) is 23.3 Å². The Kier molecular flexibility index (Phi) is 6.33. The molecule has 1 saturated heterocycles. The number of hydrogen-bond acceptors (Lipinski definition) is 6. The highest BCUT2D eigenvalue weighted by molar-refractivity contribution is 8.00. The molecule has 0 saturated carbocycles. The van der Waals surface area contributed by atoms with Gasteiger partial charge in [-0.2, -0.15) is 4.99 Å². The molecular formula is C17H21N3O4S2. The van der Waals surface area contributed by atoms with Crippen molar-refractivity contribution in [2.24, 2.45) is 12.0 Å². The lowest BCUT2D eigenvalue weighted by Crippen LogP contribution is -2.41. The summed E-state index contributed by atoms with van der Waals surface area (Å²) in [6.45, 7) is 2.41. The van der Waals surface area contributed by atoms with Crippen LogP contribution in [0.3, 0.4) is 0 Å². The largest absolute Gasteiger partial charge is 0.497 e. The lowest BCUT2D eigenvalue weighted by atomic mass is 10.3. The van der Waals surface area contributed by atoms with E-state index in [9.17, 15) is 9.59 Å². The van der Waals surface area contributed by atoms with Crippen molar-refractivity contribution in [1.29, 1.82) is 0 Å². The second kappa shape index (κ2) is 8.70. The molecule has 9 heteroatoms. The molecule has 1 aliphatic heterocycles. The molecule has 3 rings (SSSR count). The summed E-state index contributed by atoms with van der Waals surface area (Å²) in [4.78, 5) is 30.8. The third kappa shape index (κ3) is 4.46. The molecule has 26 heavy (non-hydrogen) atoms. The summed E-state index contributed by atoms with van der Waals surface area (Å²) in [5, 5.41) is 0.